The summed E-state index contributed by atoms with van der Waals surface area (Å²) in [6, 6.07) is 6.42. The van der Waals surface area contributed by atoms with Gasteiger partial charge in [0.2, 0.25) is 5.88 Å². The van der Waals surface area contributed by atoms with Gasteiger partial charge in [-0.05, 0) is 19.1 Å². The number of nitrogens with two attached hydrogens (primary N) is 1. The summed E-state index contributed by atoms with van der Waals surface area (Å²) in [4.78, 5) is 16.1. The van der Waals surface area contributed by atoms with Gasteiger partial charge in [-0.3, -0.25) is 4.57 Å². The third-order valence-corrected chi connectivity index (χ3v) is 3.29. The molecule has 3 rings (SSSR count). The number of esters is 1. The molecule has 9 heteroatoms. The van der Waals surface area contributed by atoms with Crippen molar-refractivity contribution in [2.75, 3.05) is 5.73 Å². The van der Waals surface area contributed by atoms with Crippen molar-refractivity contribution >= 4 is 22.9 Å². The van der Waals surface area contributed by atoms with Gasteiger partial charge in [0, 0.05) is 0 Å². The number of imidazole rings is 1. The second-order valence-corrected chi connectivity index (χ2v) is 4.75. The number of hydrogen-bond donors (Lipinski definition) is 1. The van der Waals surface area contributed by atoms with E-state index in [1.165, 1.54) is 13.0 Å². The second kappa shape index (κ2) is 5.67. The first-order valence-electron chi connectivity index (χ1n) is 6.62. The molecule has 0 radical (unpaired) electrons. The molecule has 7 nitrogen and oxygen atoms in total. The van der Waals surface area contributed by atoms with Crippen LogP contribution in [0.5, 0.6) is 0 Å². The van der Waals surface area contributed by atoms with Crippen LogP contribution in [-0.2, 0) is 11.3 Å². The molecular weight excluding hydrogens is 310 g/mol. The number of anilines is 1. The van der Waals surface area contributed by atoms with Crippen molar-refractivity contribution in [2.45, 2.75) is 20.1 Å². The van der Waals surface area contributed by atoms with Crippen LogP contribution in [0.15, 0.2) is 28.8 Å². The number of halogens is 2. The molecule has 2 heterocycles. The lowest BCUT2D eigenvalue weighted by Gasteiger charge is -2.08. The van der Waals surface area contributed by atoms with Gasteiger partial charge in [-0.25, -0.2) is 9.78 Å². The molecular formula is C14H12F2N4O3. The predicted molar refractivity (Wildman–Crippen MR) is 75.8 cm³/mol. The summed E-state index contributed by atoms with van der Waals surface area (Å²) in [5, 5.41) is 3.53. The SMILES string of the molecule is Cc1noc(N)c1C(=O)OCc1nc2ccccc2n1C(F)F. The van der Waals surface area contributed by atoms with Crippen LogP contribution in [0.4, 0.5) is 14.7 Å². The summed E-state index contributed by atoms with van der Waals surface area (Å²) in [6.45, 7) is -1.72. The maximum atomic E-state index is 13.3. The summed E-state index contributed by atoms with van der Waals surface area (Å²) in [6.07, 6.45) is 0. The fourth-order valence-electron chi connectivity index (χ4n) is 2.25. The monoisotopic (exact) mass is 322 g/mol. The highest BCUT2D eigenvalue weighted by Crippen LogP contribution is 2.24. The molecule has 0 amide bonds. The molecule has 23 heavy (non-hydrogen) atoms. The number of rotatable bonds is 4. The average Bonchev–Trinajstić information content (AvgIpc) is 3.05. The minimum atomic E-state index is -2.81. The Balaban J connectivity index is 1.87. The van der Waals surface area contributed by atoms with E-state index in [1.54, 1.807) is 18.2 Å². The van der Waals surface area contributed by atoms with E-state index < -0.39 is 19.1 Å². The summed E-state index contributed by atoms with van der Waals surface area (Å²) < 4.78 is 36.9. The predicted octanol–water partition coefficient (Wildman–Crippen LogP) is 2.67. The smallest absolute Gasteiger partial charge is 0.346 e. The summed E-state index contributed by atoms with van der Waals surface area (Å²) in [5.41, 5.74) is 6.36. The number of carbonyl (C=O) groups is 1. The first-order chi connectivity index (χ1) is 11.0. The number of carbonyl (C=O) groups excluding carboxylic acids is 1. The number of nitrogen functional groups attached to an aromatic ring is 1. The van der Waals surface area contributed by atoms with Gasteiger partial charge >= 0.3 is 12.5 Å². The second-order valence-electron chi connectivity index (χ2n) is 4.75. The number of fused-ring (bicyclic) bond motifs is 1. The van der Waals surface area contributed by atoms with E-state index in [4.69, 9.17) is 10.5 Å². The van der Waals surface area contributed by atoms with Crippen molar-refractivity contribution in [3.8, 4) is 0 Å². The first kappa shape index (κ1) is 14.9. The van der Waals surface area contributed by atoms with Gasteiger partial charge in [0.15, 0.2) is 5.82 Å². The Morgan fingerprint density at radius 2 is 2.17 bits per heavy atom. The van der Waals surface area contributed by atoms with Crippen LogP contribution < -0.4 is 5.73 Å². The minimum Gasteiger partial charge on any atom is -0.454 e. The van der Waals surface area contributed by atoms with Crippen LogP contribution in [0.2, 0.25) is 0 Å². The molecule has 3 aromatic rings. The maximum absolute atomic E-state index is 13.3. The van der Waals surface area contributed by atoms with Crippen LogP contribution in [-0.4, -0.2) is 20.7 Å². The molecule has 120 valence electrons. The number of alkyl halides is 2. The summed E-state index contributed by atoms with van der Waals surface area (Å²) in [7, 11) is 0. The summed E-state index contributed by atoms with van der Waals surface area (Å²) >= 11 is 0. The maximum Gasteiger partial charge on any atom is 0.346 e. The lowest BCUT2D eigenvalue weighted by atomic mass is 10.2. The van der Waals surface area contributed by atoms with Crippen molar-refractivity contribution in [3.05, 3.63) is 41.3 Å². The number of para-hydroxylation sites is 2. The van der Waals surface area contributed by atoms with Crippen molar-refractivity contribution in [2.24, 2.45) is 0 Å². The van der Waals surface area contributed by atoms with Crippen LogP contribution in [0.25, 0.3) is 11.0 Å². The zero-order chi connectivity index (χ0) is 16.6. The Labute approximate surface area is 128 Å². The molecule has 1 aromatic carbocycles. The summed E-state index contributed by atoms with van der Waals surface area (Å²) in [5.74, 6) is -1.06. The van der Waals surface area contributed by atoms with E-state index in [1.807, 2.05) is 0 Å². The van der Waals surface area contributed by atoms with Crippen LogP contribution in [0.3, 0.4) is 0 Å². The number of ether oxygens (including phenoxy) is 1. The number of benzene rings is 1. The highest BCUT2D eigenvalue weighted by atomic mass is 19.3. The molecule has 0 fully saturated rings. The molecule has 0 aliphatic rings. The molecule has 2 N–H and O–H groups in total. The van der Waals surface area contributed by atoms with Gasteiger partial charge in [0.1, 0.15) is 12.2 Å². The molecule has 0 spiro atoms. The van der Waals surface area contributed by atoms with Crippen LogP contribution >= 0.6 is 0 Å². The van der Waals surface area contributed by atoms with Gasteiger partial charge < -0.3 is 15.0 Å². The largest absolute Gasteiger partial charge is 0.454 e. The zero-order valence-electron chi connectivity index (χ0n) is 12.0. The molecule has 0 bridgehead atoms. The normalized spacial score (nSPS) is 11.3. The Hall–Kier alpha value is -2.97. The molecule has 0 aliphatic heterocycles. The van der Waals surface area contributed by atoms with Crippen molar-refractivity contribution in [1.82, 2.24) is 14.7 Å². The van der Waals surface area contributed by atoms with Crippen LogP contribution in [0, 0.1) is 6.92 Å². The lowest BCUT2D eigenvalue weighted by Crippen LogP contribution is -2.12. The standard InChI is InChI=1S/C14H12F2N4O3/c1-7-11(12(17)23-19-7)13(21)22-6-10-18-8-4-2-3-5-9(8)20(10)14(15)16/h2-5,14H,6,17H2,1H3. The molecule has 0 saturated carbocycles. The van der Waals surface area contributed by atoms with Crippen molar-refractivity contribution < 1.29 is 22.8 Å². The number of nitrogens with zero attached hydrogens (tertiary/aromatic N) is 3. The molecule has 0 atom stereocenters. The molecule has 0 saturated heterocycles. The lowest BCUT2D eigenvalue weighted by molar-refractivity contribution is 0.0387. The van der Waals surface area contributed by atoms with E-state index >= 15 is 0 Å². The first-order valence-corrected chi connectivity index (χ1v) is 6.62. The van der Waals surface area contributed by atoms with E-state index in [0.717, 1.165) is 0 Å². The topological polar surface area (TPSA) is 96.2 Å². The molecule has 2 aromatic heterocycles. The Bertz CT molecular complexity index is 853. The fourth-order valence-corrected chi connectivity index (χ4v) is 2.25. The van der Waals surface area contributed by atoms with Gasteiger partial charge in [0.25, 0.3) is 0 Å². The molecule has 0 aliphatic carbocycles. The Kier molecular flexibility index (Phi) is 3.68. The Morgan fingerprint density at radius 1 is 1.43 bits per heavy atom. The van der Waals surface area contributed by atoms with Gasteiger partial charge in [0.05, 0.1) is 16.7 Å². The molecule has 0 unspecified atom stereocenters. The van der Waals surface area contributed by atoms with Gasteiger partial charge in [-0.2, -0.15) is 8.78 Å². The van der Waals surface area contributed by atoms with Crippen molar-refractivity contribution in [1.29, 1.82) is 0 Å². The quantitative estimate of drug-likeness (QED) is 0.742. The number of hydrogen-bond acceptors (Lipinski definition) is 6. The number of aryl methyl sites for hydroxylation is 1. The zero-order valence-corrected chi connectivity index (χ0v) is 12.0. The Morgan fingerprint density at radius 3 is 2.83 bits per heavy atom. The van der Waals surface area contributed by atoms with Gasteiger partial charge in [-0.15, -0.1) is 0 Å². The van der Waals surface area contributed by atoms with E-state index in [2.05, 4.69) is 14.7 Å². The fraction of sp³-hybridized carbons (Fsp3) is 0.214. The van der Waals surface area contributed by atoms with E-state index in [9.17, 15) is 13.6 Å². The van der Waals surface area contributed by atoms with Crippen molar-refractivity contribution in [3.63, 3.8) is 0 Å². The van der Waals surface area contributed by atoms with Gasteiger partial charge in [-0.1, -0.05) is 17.3 Å². The third kappa shape index (κ3) is 2.60. The van der Waals surface area contributed by atoms with Crippen LogP contribution in [0.1, 0.15) is 28.4 Å². The highest BCUT2D eigenvalue weighted by molar-refractivity contribution is 5.94. The highest BCUT2D eigenvalue weighted by Gasteiger charge is 2.22. The third-order valence-electron chi connectivity index (χ3n) is 3.29. The number of aromatic nitrogens is 3. The average molecular weight is 322 g/mol. The van der Waals surface area contributed by atoms with E-state index in [0.29, 0.717) is 10.1 Å². The van der Waals surface area contributed by atoms with E-state index in [-0.39, 0.29) is 28.5 Å². The minimum absolute atomic E-state index is 0.0234.